The highest BCUT2D eigenvalue weighted by Crippen LogP contribution is 2.30. The summed E-state index contributed by atoms with van der Waals surface area (Å²) in [5.74, 6) is 2.01. The number of nitrogens with one attached hydrogen (secondary N) is 1. The van der Waals surface area contributed by atoms with Crippen molar-refractivity contribution in [3.8, 4) is 22.2 Å². The Hall–Kier alpha value is -3.30. The first-order valence-electron chi connectivity index (χ1n) is 10.7. The van der Waals surface area contributed by atoms with E-state index >= 15 is 0 Å². The van der Waals surface area contributed by atoms with Gasteiger partial charge in [0.05, 0.1) is 30.9 Å². The van der Waals surface area contributed by atoms with Crippen LogP contribution in [0.5, 0.6) is 11.5 Å². The van der Waals surface area contributed by atoms with Crippen molar-refractivity contribution < 1.29 is 14.3 Å². The van der Waals surface area contributed by atoms with Crippen LogP contribution in [-0.4, -0.2) is 40.1 Å². The Bertz CT molecular complexity index is 1230. The molecule has 0 aliphatic rings. The summed E-state index contributed by atoms with van der Waals surface area (Å²) in [6, 6.07) is 19.8. The van der Waals surface area contributed by atoms with Gasteiger partial charge in [0.25, 0.3) is 0 Å². The van der Waals surface area contributed by atoms with Crippen LogP contribution in [0, 0.1) is 0 Å². The summed E-state index contributed by atoms with van der Waals surface area (Å²) in [7, 11) is 3.19. The fraction of sp³-hybridized carbons (Fsp3) is 0.240. The third-order valence-electron chi connectivity index (χ3n) is 5.21. The number of hydrogen-bond donors (Lipinski definition) is 1. The van der Waals surface area contributed by atoms with Gasteiger partial charge in [-0.3, -0.25) is 9.36 Å². The summed E-state index contributed by atoms with van der Waals surface area (Å²) in [5.41, 5.74) is 2.07. The maximum atomic E-state index is 12.9. The SMILES string of the molecule is COc1ccc(CNC(=O)C(C)Sc2nnc(-c3cccs3)n2Cc2ccccc2)cc1OC. The molecule has 1 amide bonds. The molecule has 4 aromatic rings. The van der Waals surface area contributed by atoms with E-state index in [9.17, 15) is 4.79 Å². The maximum absolute atomic E-state index is 12.9. The topological polar surface area (TPSA) is 78.3 Å². The van der Waals surface area contributed by atoms with Crippen molar-refractivity contribution >= 4 is 29.0 Å². The zero-order chi connectivity index (χ0) is 23.9. The maximum Gasteiger partial charge on any atom is 0.233 e. The van der Waals surface area contributed by atoms with Crippen LogP contribution in [-0.2, 0) is 17.9 Å². The number of benzene rings is 2. The molecule has 0 radical (unpaired) electrons. The highest BCUT2D eigenvalue weighted by Gasteiger charge is 2.21. The number of thiophene rings is 1. The average Bonchev–Trinajstić information content (AvgIpc) is 3.53. The van der Waals surface area contributed by atoms with Crippen LogP contribution in [0.3, 0.4) is 0 Å². The molecule has 0 aliphatic carbocycles. The van der Waals surface area contributed by atoms with Crippen molar-refractivity contribution in [3.05, 3.63) is 77.2 Å². The molecule has 2 heterocycles. The molecular formula is C25H26N4O3S2. The minimum absolute atomic E-state index is 0.0771. The van der Waals surface area contributed by atoms with Crippen LogP contribution in [0.2, 0.25) is 0 Å². The Morgan fingerprint density at radius 1 is 1.03 bits per heavy atom. The summed E-state index contributed by atoms with van der Waals surface area (Å²) in [6.45, 7) is 2.89. The highest BCUT2D eigenvalue weighted by molar-refractivity contribution is 8.00. The van der Waals surface area contributed by atoms with Gasteiger partial charge in [-0.2, -0.15) is 0 Å². The average molecular weight is 495 g/mol. The number of carbonyl (C=O) groups is 1. The molecule has 0 spiro atoms. The predicted molar refractivity (Wildman–Crippen MR) is 136 cm³/mol. The van der Waals surface area contributed by atoms with Gasteiger partial charge in [0.2, 0.25) is 5.91 Å². The Morgan fingerprint density at radius 3 is 2.53 bits per heavy atom. The minimum Gasteiger partial charge on any atom is -0.493 e. The number of ether oxygens (including phenoxy) is 2. The smallest absolute Gasteiger partial charge is 0.233 e. The van der Waals surface area contributed by atoms with Gasteiger partial charge in [0.15, 0.2) is 22.5 Å². The number of rotatable bonds is 10. The number of thioether (sulfide) groups is 1. The molecule has 0 bridgehead atoms. The molecule has 2 aromatic carbocycles. The van der Waals surface area contributed by atoms with Gasteiger partial charge in [-0.25, -0.2) is 0 Å². The minimum atomic E-state index is -0.352. The zero-order valence-corrected chi connectivity index (χ0v) is 20.9. The van der Waals surface area contributed by atoms with Crippen molar-refractivity contribution in [3.63, 3.8) is 0 Å². The van der Waals surface area contributed by atoms with Gasteiger partial charge >= 0.3 is 0 Å². The molecule has 1 N–H and O–H groups in total. The van der Waals surface area contributed by atoms with Crippen LogP contribution in [0.1, 0.15) is 18.1 Å². The van der Waals surface area contributed by atoms with E-state index in [4.69, 9.17) is 9.47 Å². The van der Waals surface area contributed by atoms with E-state index in [0.29, 0.717) is 29.7 Å². The molecule has 0 saturated carbocycles. The van der Waals surface area contributed by atoms with Gasteiger partial charge in [0, 0.05) is 6.54 Å². The van der Waals surface area contributed by atoms with Gasteiger partial charge in [-0.1, -0.05) is 54.2 Å². The van der Waals surface area contributed by atoms with E-state index in [1.807, 2.05) is 60.8 Å². The van der Waals surface area contributed by atoms with Crippen LogP contribution in [0.4, 0.5) is 0 Å². The van der Waals surface area contributed by atoms with Crippen LogP contribution < -0.4 is 14.8 Å². The van der Waals surface area contributed by atoms with Crippen LogP contribution >= 0.6 is 23.1 Å². The lowest BCUT2D eigenvalue weighted by Gasteiger charge is -2.14. The highest BCUT2D eigenvalue weighted by atomic mass is 32.2. The number of carbonyl (C=O) groups excluding carboxylic acids is 1. The quantitative estimate of drug-likeness (QED) is 0.317. The fourth-order valence-electron chi connectivity index (χ4n) is 3.41. The monoisotopic (exact) mass is 494 g/mol. The van der Waals surface area contributed by atoms with Crippen molar-refractivity contribution in [2.45, 2.75) is 30.4 Å². The summed E-state index contributed by atoms with van der Waals surface area (Å²) in [5, 5.41) is 14.2. The van der Waals surface area contributed by atoms with Crippen molar-refractivity contribution in [2.24, 2.45) is 0 Å². The number of nitrogens with zero attached hydrogens (tertiary/aromatic N) is 3. The van der Waals surface area contributed by atoms with E-state index < -0.39 is 0 Å². The molecule has 4 rings (SSSR count). The number of methoxy groups -OCH3 is 2. The lowest BCUT2D eigenvalue weighted by Crippen LogP contribution is -2.30. The first-order chi connectivity index (χ1) is 16.6. The second-order valence-electron chi connectivity index (χ2n) is 7.52. The predicted octanol–water partition coefficient (Wildman–Crippen LogP) is 4.87. The molecule has 1 unspecified atom stereocenters. The molecule has 7 nitrogen and oxygen atoms in total. The fourth-order valence-corrected chi connectivity index (χ4v) is 5.00. The second kappa shape index (κ2) is 11.2. The Labute approximate surface area is 207 Å². The van der Waals surface area contributed by atoms with E-state index in [2.05, 4.69) is 32.2 Å². The lowest BCUT2D eigenvalue weighted by atomic mass is 10.2. The van der Waals surface area contributed by atoms with Crippen molar-refractivity contribution in [1.82, 2.24) is 20.1 Å². The largest absolute Gasteiger partial charge is 0.493 e. The molecule has 2 aromatic heterocycles. The number of hydrogen-bond acceptors (Lipinski definition) is 7. The molecular weight excluding hydrogens is 468 g/mol. The first kappa shape index (κ1) is 23.8. The number of amides is 1. The van der Waals surface area contributed by atoms with E-state index in [0.717, 1.165) is 21.8 Å². The van der Waals surface area contributed by atoms with E-state index in [1.54, 1.807) is 25.6 Å². The van der Waals surface area contributed by atoms with Crippen LogP contribution in [0.15, 0.2) is 71.2 Å². The normalized spacial score (nSPS) is 11.7. The van der Waals surface area contributed by atoms with E-state index in [-0.39, 0.29) is 11.2 Å². The third kappa shape index (κ3) is 5.60. The zero-order valence-electron chi connectivity index (χ0n) is 19.2. The molecule has 34 heavy (non-hydrogen) atoms. The summed E-state index contributed by atoms with van der Waals surface area (Å²) >= 11 is 3.02. The summed E-state index contributed by atoms with van der Waals surface area (Å²) < 4.78 is 12.7. The third-order valence-corrected chi connectivity index (χ3v) is 7.15. The number of aromatic nitrogens is 3. The van der Waals surface area contributed by atoms with Crippen molar-refractivity contribution in [1.29, 1.82) is 0 Å². The molecule has 0 saturated heterocycles. The molecule has 0 aliphatic heterocycles. The lowest BCUT2D eigenvalue weighted by molar-refractivity contribution is -0.120. The summed E-state index contributed by atoms with van der Waals surface area (Å²) in [6.07, 6.45) is 0. The van der Waals surface area contributed by atoms with Crippen LogP contribution in [0.25, 0.3) is 10.7 Å². The Balaban J connectivity index is 1.47. The molecule has 1 atom stereocenters. The molecule has 9 heteroatoms. The van der Waals surface area contributed by atoms with Gasteiger partial charge in [-0.05, 0) is 41.6 Å². The molecule has 0 fully saturated rings. The van der Waals surface area contributed by atoms with Gasteiger partial charge in [0.1, 0.15) is 0 Å². The van der Waals surface area contributed by atoms with E-state index in [1.165, 1.54) is 11.8 Å². The Morgan fingerprint density at radius 2 is 1.82 bits per heavy atom. The summed E-state index contributed by atoms with van der Waals surface area (Å²) in [4.78, 5) is 13.9. The van der Waals surface area contributed by atoms with Gasteiger partial charge < -0.3 is 14.8 Å². The molecule has 176 valence electrons. The second-order valence-corrected chi connectivity index (χ2v) is 9.78. The van der Waals surface area contributed by atoms with Gasteiger partial charge in [-0.15, -0.1) is 21.5 Å². The first-order valence-corrected chi connectivity index (χ1v) is 12.5. The Kier molecular flexibility index (Phi) is 7.87. The van der Waals surface area contributed by atoms with Crippen molar-refractivity contribution in [2.75, 3.05) is 14.2 Å². The standard InChI is InChI=1S/C25H26N4O3S2/c1-17(24(30)26-15-19-11-12-20(31-2)21(14-19)32-3)34-25-28-27-23(22-10-7-13-33-22)29(25)16-18-8-5-4-6-9-18/h4-14,17H,15-16H2,1-3H3,(H,26,30).